The van der Waals surface area contributed by atoms with Crippen LogP contribution < -0.4 is 10.6 Å². The molecule has 0 radical (unpaired) electrons. The minimum absolute atomic E-state index is 0.0788. The van der Waals surface area contributed by atoms with Gasteiger partial charge in [0.1, 0.15) is 5.76 Å². The van der Waals surface area contributed by atoms with Crippen LogP contribution in [0, 0.1) is 12.3 Å². The summed E-state index contributed by atoms with van der Waals surface area (Å²) in [6, 6.07) is 0.757. The molecule has 1 heterocycles. The van der Waals surface area contributed by atoms with Gasteiger partial charge in [0.25, 0.3) is 0 Å². The Balaban J connectivity index is 2.45. The Labute approximate surface area is 115 Å². The minimum Gasteiger partial charge on any atom is -0.481 e. The van der Waals surface area contributed by atoms with E-state index in [2.05, 4.69) is 15.8 Å². The molecule has 0 aliphatic rings. The third-order valence-corrected chi connectivity index (χ3v) is 2.39. The summed E-state index contributed by atoms with van der Waals surface area (Å²) in [5, 5.41) is 16.7. The van der Waals surface area contributed by atoms with Crippen molar-refractivity contribution in [3.8, 4) is 0 Å². The van der Waals surface area contributed by atoms with Crippen LogP contribution in [0.3, 0.4) is 0 Å². The third kappa shape index (κ3) is 5.51. The first-order chi connectivity index (χ1) is 9.18. The van der Waals surface area contributed by atoms with Gasteiger partial charge in [-0.2, -0.15) is 0 Å². The fourth-order valence-corrected chi connectivity index (χ4v) is 1.65. The lowest BCUT2D eigenvalue weighted by Crippen LogP contribution is -2.37. The summed E-state index contributed by atoms with van der Waals surface area (Å²) in [4.78, 5) is 33.8. The lowest BCUT2D eigenvalue weighted by Gasteiger charge is -2.21. The van der Waals surface area contributed by atoms with Crippen LogP contribution in [-0.2, 0) is 9.59 Å². The molecule has 3 N–H and O–H groups in total. The Kier molecular flexibility index (Phi) is 4.84. The van der Waals surface area contributed by atoms with Gasteiger partial charge in [-0.15, -0.1) is 0 Å². The first kappa shape index (κ1) is 15.7. The van der Waals surface area contributed by atoms with Crippen molar-refractivity contribution >= 4 is 23.7 Å². The summed E-state index contributed by atoms with van der Waals surface area (Å²) >= 11 is 0. The molecular formula is C12H17N3O5. The van der Waals surface area contributed by atoms with Crippen LogP contribution in [0.2, 0.25) is 0 Å². The highest BCUT2D eigenvalue weighted by Crippen LogP contribution is 2.24. The fraction of sp³-hybridized carbons (Fsp3) is 0.500. The Morgan fingerprint density at radius 1 is 1.35 bits per heavy atom. The van der Waals surface area contributed by atoms with Crippen molar-refractivity contribution < 1.29 is 24.0 Å². The van der Waals surface area contributed by atoms with E-state index in [0.29, 0.717) is 5.76 Å². The van der Waals surface area contributed by atoms with E-state index in [9.17, 15) is 14.4 Å². The molecule has 8 heteroatoms. The molecule has 0 saturated heterocycles. The molecule has 0 fully saturated rings. The van der Waals surface area contributed by atoms with E-state index >= 15 is 0 Å². The second-order valence-corrected chi connectivity index (χ2v) is 5.24. The zero-order valence-corrected chi connectivity index (χ0v) is 11.5. The second-order valence-electron chi connectivity index (χ2n) is 5.24. The van der Waals surface area contributed by atoms with Gasteiger partial charge in [0, 0.05) is 12.5 Å². The quantitative estimate of drug-likeness (QED) is 0.753. The van der Waals surface area contributed by atoms with Crippen molar-refractivity contribution in [2.45, 2.75) is 33.6 Å². The number of aromatic nitrogens is 1. The number of rotatable bonds is 5. The molecule has 0 atom stereocenters. The lowest BCUT2D eigenvalue weighted by atomic mass is 9.85. The van der Waals surface area contributed by atoms with Crippen LogP contribution in [0.5, 0.6) is 0 Å². The van der Waals surface area contributed by atoms with Crippen molar-refractivity contribution in [2.75, 3.05) is 5.32 Å². The number of hydrogen-bond donors (Lipinski definition) is 3. The van der Waals surface area contributed by atoms with Crippen LogP contribution in [0.15, 0.2) is 10.6 Å². The maximum Gasteiger partial charge on any atom is 0.327 e. The molecule has 3 amide bonds. The van der Waals surface area contributed by atoms with E-state index in [1.807, 2.05) is 0 Å². The number of carboxylic acids is 1. The largest absolute Gasteiger partial charge is 0.481 e. The predicted molar refractivity (Wildman–Crippen MR) is 69.1 cm³/mol. The first-order valence-electron chi connectivity index (χ1n) is 5.94. The van der Waals surface area contributed by atoms with Gasteiger partial charge in [-0.1, -0.05) is 19.0 Å². The molecule has 1 rings (SSSR count). The average molecular weight is 283 g/mol. The van der Waals surface area contributed by atoms with E-state index in [1.165, 1.54) is 6.07 Å². The highest BCUT2D eigenvalue weighted by atomic mass is 16.5. The summed E-state index contributed by atoms with van der Waals surface area (Å²) < 4.78 is 4.75. The van der Waals surface area contributed by atoms with Crippen LogP contribution in [0.25, 0.3) is 0 Å². The van der Waals surface area contributed by atoms with Gasteiger partial charge >= 0.3 is 12.0 Å². The van der Waals surface area contributed by atoms with Gasteiger partial charge in [-0.05, 0) is 12.3 Å². The van der Waals surface area contributed by atoms with Crippen molar-refractivity contribution in [1.29, 1.82) is 0 Å². The molecule has 0 unspecified atom stereocenters. The maximum absolute atomic E-state index is 11.6. The van der Waals surface area contributed by atoms with Crippen molar-refractivity contribution in [3.63, 3.8) is 0 Å². The Bertz CT molecular complexity index is 521. The summed E-state index contributed by atoms with van der Waals surface area (Å²) in [5.41, 5.74) is -0.735. The summed E-state index contributed by atoms with van der Waals surface area (Å²) in [6.07, 6.45) is -0.241. The number of aryl methyl sites for hydroxylation is 1. The second kappa shape index (κ2) is 6.18. The van der Waals surface area contributed by atoms with Crippen molar-refractivity contribution in [3.05, 3.63) is 11.8 Å². The number of carbonyl (C=O) groups excluding carboxylic acids is 2. The number of hydrogen-bond acceptors (Lipinski definition) is 5. The molecule has 0 bridgehead atoms. The molecule has 0 aromatic carbocycles. The van der Waals surface area contributed by atoms with Gasteiger partial charge < -0.3 is 9.63 Å². The number of imide groups is 1. The number of urea groups is 1. The zero-order valence-electron chi connectivity index (χ0n) is 11.5. The molecule has 8 nitrogen and oxygen atoms in total. The average Bonchev–Trinajstić information content (AvgIpc) is 2.59. The van der Waals surface area contributed by atoms with Gasteiger partial charge in [-0.25, -0.2) is 4.79 Å². The predicted octanol–water partition coefficient (Wildman–Crippen LogP) is 1.52. The topological polar surface area (TPSA) is 122 Å². The maximum atomic E-state index is 11.6. The normalized spacial score (nSPS) is 10.9. The molecule has 1 aromatic rings. The highest BCUT2D eigenvalue weighted by molar-refractivity contribution is 6.00. The molecule has 0 aliphatic heterocycles. The van der Waals surface area contributed by atoms with Gasteiger partial charge in [0.2, 0.25) is 5.91 Å². The van der Waals surface area contributed by atoms with E-state index < -0.39 is 23.3 Å². The Hall–Kier alpha value is -2.38. The molecule has 20 heavy (non-hydrogen) atoms. The molecule has 0 spiro atoms. The highest BCUT2D eigenvalue weighted by Gasteiger charge is 2.26. The summed E-state index contributed by atoms with van der Waals surface area (Å²) in [5.74, 6) is -0.842. The van der Waals surface area contributed by atoms with Crippen LogP contribution in [0.4, 0.5) is 10.6 Å². The van der Waals surface area contributed by atoms with E-state index in [1.54, 1.807) is 20.8 Å². The van der Waals surface area contributed by atoms with E-state index in [4.69, 9.17) is 9.63 Å². The molecule has 0 aliphatic carbocycles. The number of amides is 3. The van der Waals surface area contributed by atoms with Gasteiger partial charge in [0.15, 0.2) is 5.82 Å². The lowest BCUT2D eigenvalue weighted by molar-refractivity contribution is -0.139. The monoisotopic (exact) mass is 283 g/mol. The zero-order chi connectivity index (χ0) is 15.3. The first-order valence-corrected chi connectivity index (χ1v) is 5.94. The molecule has 1 aromatic heterocycles. The third-order valence-electron chi connectivity index (χ3n) is 2.39. The number of carbonyl (C=O) groups is 3. The Morgan fingerprint density at radius 2 is 2.00 bits per heavy atom. The van der Waals surface area contributed by atoms with Crippen LogP contribution in [-0.4, -0.2) is 28.2 Å². The van der Waals surface area contributed by atoms with Crippen LogP contribution >= 0.6 is 0 Å². The summed E-state index contributed by atoms with van der Waals surface area (Å²) in [6.45, 7) is 4.94. The number of aliphatic carboxylic acids is 1. The molecule has 0 saturated carbocycles. The standard InChI is InChI=1S/C12H17N3O5/c1-7-4-8(15-20-7)13-11(19)14-9(16)5-12(2,3)6-10(17)18/h4H,5-6H2,1-3H3,(H,17,18)(H2,13,14,15,16,19). The number of carboxylic acid groups (broad SMARTS) is 1. The van der Waals surface area contributed by atoms with E-state index in [-0.39, 0.29) is 18.7 Å². The molecular weight excluding hydrogens is 266 g/mol. The number of nitrogens with zero attached hydrogens (tertiary/aromatic N) is 1. The summed E-state index contributed by atoms with van der Waals surface area (Å²) in [7, 11) is 0. The fourth-order valence-electron chi connectivity index (χ4n) is 1.65. The van der Waals surface area contributed by atoms with E-state index in [0.717, 1.165) is 0 Å². The minimum atomic E-state index is -0.995. The smallest absolute Gasteiger partial charge is 0.327 e. The van der Waals surface area contributed by atoms with Crippen molar-refractivity contribution in [2.24, 2.45) is 5.41 Å². The number of anilines is 1. The number of nitrogens with one attached hydrogen (secondary N) is 2. The van der Waals surface area contributed by atoms with Crippen molar-refractivity contribution in [1.82, 2.24) is 10.5 Å². The van der Waals surface area contributed by atoms with Gasteiger partial charge in [-0.3, -0.25) is 20.2 Å². The van der Waals surface area contributed by atoms with Crippen LogP contribution in [0.1, 0.15) is 32.4 Å². The Morgan fingerprint density at radius 3 is 2.50 bits per heavy atom. The molecule has 110 valence electrons. The van der Waals surface area contributed by atoms with Gasteiger partial charge in [0.05, 0.1) is 6.42 Å². The SMILES string of the molecule is Cc1cc(NC(=O)NC(=O)CC(C)(C)CC(=O)O)no1.